The lowest BCUT2D eigenvalue weighted by atomic mass is 9.97. The molecule has 8 rings (SSSR count). The second kappa shape index (κ2) is 9.59. The number of hydrogen-bond donors (Lipinski definition) is 0. The average molecular weight is 545 g/mol. The Bertz CT molecular complexity index is 2210. The molecule has 3 nitrogen and oxygen atoms in total. The fraction of sp³-hybridized carbons (Fsp3) is 0. The van der Waals surface area contributed by atoms with Crippen LogP contribution in [0.5, 0.6) is 0 Å². The SMILES string of the molecule is Pc1cccc2nc(-c3cccc4c3oc3ccccc34)n(-c3cc(-c4ccccc4)ccc3-c3ccccc3)c12. The Balaban J connectivity index is 1.50. The van der Waals surface area contributed by atoms with Crippen molar-refractivity contribution in [2.24, 2.45) is 0 Å². The largest absolute Gasteiger partial charge is 0.455 e. The van der Waals surface area contributed by atoms with E-state index < -0.39 is 0 Å². The van der Waals surface area contributed by atoms with Gasteiger partial charge in [-0.3, -0.25) is 4.57 Å². The van der Waals surface area contributed by atoms with E-state index in [1.807, 2.05) is 12.1 Å². The molecule has 1 unspecified atom stereocenters. The number of imidazole rings is 1. The molecule has 194 valence electrons. The van der Waals surface area contributed by atoms with E-state index in [2.05, 4.69) is 141 Å². The highest BCUT2D eigenvalue weighted by atomic mass is 31.0. The highest BCUT2D eigenvalue weighted by Crippen LogP contribution is 2.40. The predicted octanol–water partition coefficient (Wildman–Crippen LogP) is 9.43. The van der Waals surface area contributed by atoms with E-state index in [0.717, 1.165) is 72.0 Å². The number of aromatic nitrogens is 2. The highest BCUT2D eigenvalue weighted by Gasteiger charge is 2.22. The van der Waals surface area contributed by atoms with Crippen LogP contribution in [0, 0.1) is 0 Å². The first-order chi connectivity index (χ1) is 20.3. The van der Waals surface area contributed by atoms with E-state index in [0.29, 0.717) is 0 Å². The third-order valence-corrected chi connectivity index (χ3v) is 8.25. The molecule has 6 aromatic carbocycles. The summed E-state index contributed by atoms with van der Waals surface area (Å²) in [4.78, 5) is 5.27. The van der Waals surface area contributed by atoms with Crippen LogP contribution in [-0.2, 0) is 0 Å². The van der Waals surface area contributed by atoms with Crippen molar-refractivity contribution in [3.63, 3.8) is 0 Å². The van der Waals surface area contributed by atoms with Gasteiger partial charge in [0.1, 0.15) is 17.0 Å². The van der Waals surface area contributed by atoms with Crippen LogP contribution >= 0.6 is 9.24 Å². The summed E-state index contributed by atoms with van der Waals surface area (Å²) in [5, 5.41) is 3.28. The molecule has 2 aromatic heterocycles. The zero-order valence-corrected chi connectivity index (χ0v) is 23.3. The molecule has 41 heavy (non-hydrogen) atoms. The van der Waals surface area contributed by atoms with E-state index in [4.69, 9.17) is 9.40 Å². The molecule has 0 aliphatic carbocycles. The van der Waals surface area contributed by atoms with Crippen LogP contribution in [-0.4, -0.2) is 9.55 Å². The molecule has 0 saturated carbocycles. The molecule has 0 aliphatic rings. The van der Waals surface area contributed by atoms with Crippen molar-refractivity contribution >= 4 is 47.5 Å². The van der Waals surface area contributed by atoms with Gasteiger partial charge in [0, 0.05) is 16.3 Å². The Morgan fingerprint density at radius 1 is 0.561 bits per heavy atom. The van der Waals surface area contributed by atoms with Gasteiger partial charge in [-0.15, -0.1) is 9.24 Å². The monoisotopic (exact) mass is 544 g/mol. The molecule has 1 atom stereocenters. The lowest BCUT2D eigenvalue weighted by molar-refractivity contribution is 0.669. The molecular weight excluding hydrogens is 519 g/mol. The van der Waals surface area contributed by atoms with Crippen molar-refractivity contribution in [3.8, 4) is 39.3 Å². The molecule has 0 N–H and O–H groups in total. The van der Waals surface area contributed by atoms with Gasteiger partial charge in [-0.2, -0.15) is 0 Å². The number of nitrogens with zero attached hydrogens (tertiary/aromatic N) is 2. The minimum absolute atomic E-state index is 0.844. The molecule has 0 spiro atoms. The highest BCUT2D eigenvalue weighted by molar-refractivity contribution is 7.28. The van der Waals surface area contributed by atoms with Gasteiger partial charge >= 0.3 is 0 Å². The van der Waals surface area contributed by atoms with Crippen molar-refractivity contribution in [1.29, 1.82) is 0 Å². The topological polar surface area (TPSA) is 31.0 Å². The Labute approximate surface area is 239 Å². The van der Waals surface area contributed by atoms with Gasteiger partial charge in [-0.05, 0) is 46.3 Å². The van der Waals surface area contributed by atoms with E-state index in [1.54, 1.807) is 0 Å². The van der Waals surface area contributed by atoms with Crippen LogP contribution in [0.25, 0.3) is 72.3 Å². The van der Waals surface area contributed by atoms with E-state index in [-0.39, 0.29) is 0 Å². The fourth-order valence-electron chi connectivity index (χ4n) is 5.88. The smallest absolute Gasteiger partial charge is 0.149 e. The third-order valence-electron chi connectivity index (χ3n) is 7.78. The molecule has 2 heterocycles. The lowest BCUT2D eigenvalue weighted by Crippen LogP contribution is -2.05. The number of furan rings is 1. The van der Waals surface area contributed by atoms with E-state index in [9.17, 15) is 0 Å². The molecular formula is C37H25N2OP. The molecule has 4 heteroatoms. The van der Waals surface area contributed by atoms with Gasteiger partial charge < -0.3 is 4.42 Å². The molecule has 0 amide bonds. The normalized spacial score (nSPS) is 11.5. The Hall–Kier alpha value is -4.98. The summed E-state index contributed by atoms with van der Waals surface area (Å²) in [6, 6.07) is 48.7. The minimum Gasteiger partial charge on any atom is -0.455 e. The number of benzene rings is 6. The van der Waals surface area contributed by atoms with E-state index >= 15 is 0 Å². The maximum atomic E-state index is 6.50. The van der Waals surface area contributed by atoms with Crippen molar-refractivity contribution in [2.45, 2.75) is 0 Å². The number of rotatable bonds is 4. The van der Waals surface area contributed by atoms with Gasteiger partial charge in [0.25, 0.3) is 0 Å². The summed E-state index contributed by atoms with van der Waals surface area (Å²) in [7, 11) is 2.92. The van der Waals surface area contributed by atoms with Gasteiger partial charge in [0.05, 0.1) is 22.3 Å². The van der Waals surface area contributed by atoms with Crippen LogP contribution in [0.1, 0.15) is 0 Å². The summed E-state index contributed by atoms with van der Waals surface area (Å²) < 4.78 is 8.82. The van der Waals surface area contributed by atoms with Crippen molar-refractivity contribution in [1.82, 2.24) is 9.55 Å². The van der Waals surface area contributed by atoms with Crippen LogP contribution < -0.4 is 5.30 Å². The first-order valence-corrected chi connectivity index (χ1v) is 14.3. The average Bonchev–Trinajstić information content (AvgIpc) is 3.61. The van der Waals surface area contributed by atoms with Gasteiger partial charge in [-0.25, -0.2) is 4.98 Å². The summed E-state index contributed by atoms with van der Waals surface area (Å²) >= 11 is 0. The van der Waals surface area contributed by atoms with Crippen molar-refractivity contribution in [2.75, 3.05) is 0 Å². The second-order valence-electron chi connectivity index (χ2n) is 10.2. The molecule has 8 aromatic rings. The van der Waals surface area contributed by atoms with Crippen molar-refractivity contribution < 1.29 is 4.42 Å². The Morgan fingerprint density at radius 3 is 2.10 bits per heavy atom. The summed E-state index contributed by atoms with van der Waals surface area (Å²) in [6.45, 7) is 0. The lowest BCUT2D eigenvalue weighted by Gasteiger charge is -2.17. The van der Waals surface area contributed by atoms with Gasteiger partial charge in [0.15, 0.2) is 0 Å². The predicted molar refractivity (Wildman–Crippen MR) is 174 cm³/mol. The summed E-state index contributed by atoms with van der Waals surface area (Å²) in [6.07, 6.45) is 0. The molecule has 0 radical (unpaired) electrons. The molecule has 0 saturated heterocycles. The zero-order valence-electron chi connectivity index (χ0n) is 22.2. The number of hydrogen-bond acceptors (Lipinski definition) is 2. The van der Waals surface area contributed by atoms with E-state index in [1.165, 1.54) is 5.56 Å². The summed E-state index contributed by atoms with van der Waals surface area (Å²) in [5.41, 5.74) is 10.3. The standard InChI is InChI=1S/C37H25N2OP/c41-34-20-10-18-31-35(34)39(37(38-31)30-17-9-16-29-28-15-7-8-19-33(28)40-36(29)30)32-23-26(24-11-3-1-4-12-24)21-22-27(32)25-13-5-2-6-14-25/h1-23H,41H2. The third kappa shape index (κ3) is 3.89. The van der Waals surface area contributed by atoms with Gasteiger partial charge in [0.2, 0.25) is 0 Å². The zero-order chi connectivity index (χ0) is 27.3. The second-order valence-corrected chi connectivity index (χ2v) is 10.9. The van der Waals surface area contributed by atoms with Crippen LogP contribution in [0.15, 0.2) is 144 Å². The Morgan fingerprint density at radius 2 is 1.27 bits per heavy atom. The minimum atomic E-state index is 0.844. The first kappa shape index (κ1) is 23.9. The fourth-order valence-corrected chi connectivity index (χ4v) is 6.27. The van der Waals surface area contributed by atoms with Crippen LogP contribution in [0.2, 0.25) is 0 Å². The maximum absolute atomic E-state index is 6.50. The Kier molecular flexibility index (Phi) is 5.58. The van der Waals surface area contributed by atoms with Crippen LogP contribution in [0.4, 0.5) is 0 Å². The quantitative estimate of drug-likeness (QED) is 0.207. The molecule has 0 bridgehead atoms. The molecule has 0 aliphatic heterocycles. The van der Waals surface area contributed by atoms with Gasteiger partial charge in [-0.1, -0.05) is 115 Å². The van der Waals surface area contributed by atoms with Crippen molar-refractivity contribution in [3.05, 3.63) is 140 Å². The number of fused-ring (bicyclic) bond motifs is 4. The first-order valence-electron chi connectivity index (χ1n) is 13.7. The number of para-hydroxylation sites is 3. The van der Waals surface area contributed by atoms with Crippen LogP contribution in [0.3, 0.4) is 0 Å². The summed E-state index contributed by atoms with van der Waals surface area (Å²) in [5.74, 6) is 0.849. The maximum Gasteiger partial charge on any atom is 0.149 e. The molecule has 0 fully saturated rings.